The van der Waals surface area contributed by atoms with Crippen LogP contribution in [0.3, 0.4) is 0 Å². The fourth-order valence-electron chi connectivity index (χ4n) is 2.14. The number of nitrogens with one attached hydrogen (secondary N) is 1. The van der Waals surface area contributed by atoms with Crippen LogP contribution in [0, 0.1) is 11.3 Å². The van der Waals surface area contributed by atoms with Crippen molar-refractivity contribution in [2.75, 3.05) is 5.32 Å². The Hall–Kier alpha value is -1.84. The van der Waals surface area contributed by atoms with E-state index in [1.807, 2.05) is 0 Å². The van der Waals surface area contributed by atoms with Crippen LogP contribution in [0.5, 0.6) is 0 Å². The zero-order valence-electron chi connectivity index (χ0n) is 11.4. The predicted octanol–water partition coefficient (Wildman–Crippen LogP) is 2.86. The van der Waals surface area contributed by atoms with Crippen LogP contribution in [0.4, 0.5) is 5.69 Å². The average Bonchev–Trinajstić information content (AvgIpc) is 2.98. The lowest BCUT2D eigenvalue weighted by atomic mass is 10.0. The van der Waals surface area contributed by atoms with Crippen LogP contribution in [-0.2, 0) is 9.59 Å². The highest BCUT2D eigenvalue weighted by atomic mass is 16.4. The minimum absolute atomic E-state index is 0.0454. The number of benzene rings is 1. The van der Waals surface area contributed by atoms with E-state index in [2.05, 4.69) is 19.2 Å². The Labute approximate surface area is 112 Å². The number of anilines is 1. The monoisotopic (exact) mass is 261 g/mol. The van der Waals surface area contributed by atoms with Gasteiger partial charge in [0.25, 0.3) is 0 Å². The molecule has 2 rings (SSSR count). The normalized spacial score (nSPS) is 21.5. The molecule has 2 atom stereocenters. The third-order valence-corrected chi connectivity index (χ3v) is 3.88. The largest absolute Gasteiger partial charge is 0.481 e. The maximum atomic E-state index is 11.9. The molecule has 1 aromatic carbocycles. The van der Waals surface area contributed by atoms with E-state index in [9.17, 15) is 9.59 Å². The number of rotatable bonds is 4. The highest BCUT2D eigenvalue weighted by molar-refractivity contribution is 5.95. The molecule has 1 unspecified atom stereocenters. The Morgan fingerprint density at radius 3 is 2.26 bits per heavy atom. The molecular weight excluding hydrogens is 242 g/mol. The van der Waals surface area contributed by atoms with E-state index >= 15 is 0 Å². The minimum atomic E-state index is -0.850. The second-order valence-corrected chi connectivity index (χ2v) is 5.92. The molecule has 1 amide bonds. The van der Waals surface area contributed by atoms with Crippen molar-refractivity contribution >= 4 is 17.6 Å². The van der Waals surface area contributed by atoms with E-state index in [4.69, 9.17) is 5.11 Å². The van der Waals surface area contributed by atoms with E-state index in [1.165, 1.54) is 0 Å². The van der Waals surface area contributed by atoms with Crippen molar-refractivity contribution in [2.24, 2.45) is 11.3 Å². The van der Waals surface area contributed by atoms with Crippen LogP contribution in [0.25, 0.3) is 0 Å². The molecule has 2 N–H and O–H groups in total. The van der Waals surface area contributed by atoms with Gasteiger partial charge in [0.2, 0.25) is 5.91 Å². The Bertz CT molecular complexity index is 505. The predicted molar refractivity (Wildman–Crippen MR) is 73.0 cm³/mol. The molecule has 1 aliphatic carbocycles. The molecule has 0 bridgehead atoms. The second kappa shape index (κ2) is 4.68. The molecule has 1 saturated carbocycles. The van der Waals surface area contributed by atoms with Gasteiger partial charge in [-0.2, -0.15) is 0 Å². The quantitative estimate of drug-likeness (QED) is 0.875. The molecule has 0 saturated heterocycles. The smallest absolute Gasteiger partial charge is 0.310 e. The molecule has 102 valence electrons. The van der Waals surface area contributed by atoms with Gasteiger partial charge in [0.1, 0.15) is 0 Å². The number of hydrogen-bond acceptors (Lipinski definition) is 2. The van der Waals surface area contributed by atoms with E-state index in [0.29, 0.717) is 5.69 Å². The molecule has 0 aliphatic heterocycles. The SMILES string of the molecule is CC(C(=O)O)c1ccc(NC(=O)[C@H]2CC2(C)C)cc1. The molecule has 0 radical (unpaired) electrons. The third-order valence-electron chi connectivity index (χ3n) is 3.88. The van der Waals surface area contributed by atoms with Crippen LogP contribution in [-0.4, -0.2) is 17.0 Å². The lowest BCUT2D eigenvalue weighted by Gasteiger charge is -2.09. The van der Waals surface area contributed by atoms with Crippen molar-refractivity contribution in [2.45, 2.75) is 33.1 Å². The first-order chi connectivity index (χ1) is 8.81. The van der Waals surface area contributed by atoms with Crippen LogP contribution < -0.4 is 5.32 Å². The van der Waals surface area contributed by atoms with Gasteiger partial charge in [-0.05, 0) is 36.5 Å². The van der Waals surface area contributed by atoms with Crippen LogP contribution in [0.1, 0.15) is 38.7 Å². The summed E-state index contributed by atoms with van der Waals surface area (Å²) in [5, 5.41) is 11.8. The molecule has 4 heteroatoms. The Kier molecular flexibility index (Phi) is 3.35. The molecule has 0 aromatic heterocycles. The molecule has 4 nitrogen and oxygen atoms in total. The summed E-state index contributed by atoms with van der Waals surface area (Å²) in [7, 11) is 0. The van der Waals surface area contributed by atoms with Gasteiger partial charge in [0.05, 0.1) is 5.92 Å². The second-order valence-electron chi connectivity index (χ2n) is 5.92. The average molecular weight is 261 g/mol. The molecule has 0 heterocycles. The summed E-state index contributed by atoms with van der Waals surface area (Å²) in [6.45, 7) is 5.80. The lowest BCUT2D eigenvalue weighted by Crippen LogP contribution is -2.16. The van der Waals surface area contributed by atoms with Gasteiger partial charge < -0.3 is 10.4 Å². The zero-order chi connectivity index (χ0) is 14.2. The van der Waals surface area contributed by atoms with Gasteiger partial charge in [-0.25, -0.2) is 0 Å². The van der Waals surface area contributed by atoms with Gasteiger partial charge in [0, 0.05) is 11.6 Å². The fourth-order valence-corrected chi connectivity index (χ4v) is 2.14. The third kappa shape index (κ3) is 2.95. The van der Waals surface area contributed by atoms with Gasteiger partial charge in [0.15, 0.2) is 0 Å². The number of carbonyl (C=O) groups is 2. The van der Waals surface area contributed by atoms with Crippen LogP contribution >= 0.6 is 0 Å². The number of carboxylic acid groups (broad SMARTS) is 1. The maximum absolute atomic E-state index is 11.9. The minimum Gasteiger partial charge on any atom is -0.481 e. The number of amides is 1. The van der Waals surface area contributed by atoms with Crippen molar-refractivity contribution in [1.82, 2.24) is 0 Å². The Morgan fingerprint density at radius 2 is 1.84 bits per heavy atom. The first-order valence-corrected chi connectivity index (χ1v) is 6.45. The highest BCUT2D eigenvalue weighted by Gasteiger charge is 2.50. The summed E-state index contributed by atoms with van der Waals surface area (Å²) in [6.07, 6.45) is 0.924. The number of carbonyl (C=O) groups excluding carboxylic acids is 1. The van der Waals surface area contributed by atoms with Crippen LogP contribution in [0.2, 0.25) is 0 Å². The van der Waals surface area contributed by atoms with E-state index < -0.39 is 11.9 Å². The topological polar surface area (TPSA) is 66.4 Å². The summed E-state index contributed by atoms with van der Waals surface area (Å²) in [5.41, 5.74) is 1.56. The molecule has 19 heavy (non-hydrogen) atoms. The maximum Gasteiger partial charge on any atom is 0.310 e. The van der Waals surface area contributed by atoms with Gasteiger partial charge in [-0.1, -0.05) is 26.0 Å². The summed E-state index contributed by atoms with van der Waals surface area (Å²) in [6, 6.07) is 6.99. The van der Waals surface area contributed by atoms with Crippen LogP contribution in [0.15, 0.2) is 24.3 Å². The first kappa shape index (κ1) is 13.6. The lowest BCUT2D eigenvalue weighted by molar-refractivity contribution is -0.138. The van der Waals surface area contributed by atoms with E-state index in [-0.39, 0.29) is 17.2 Å². The summed E-state index contributed by atoms with van der Waals surface area (Å²) in [5.74, 6) is -1.25. The fraction of sp³-hybridized carbons (Fsp3) is 0.467. The summed E-state index contributed by atoms with van der Waals surface area (Å²) >= 11 is 0. The summed E-state index contributed by atoms with van der Waals surface area (Å²) < 4.78 is 0. The standard InChI is InChI=1S/C15H19NO3/c1-9(14(18)19)10-4-6-11(7-5-10)16-13(17)12-8-15(12,2)3/h4-7,9,12H,8H2,1-3H3,(H,16,17)(H,18,19)/t9?,12-/m1/s1. The molecule has 1 fully saturated rings. The van der Waals surface area contributed by atoms with Crippen molar-refractivity contribution in [3.05, 3.63) is 29.8 Å². The van der Waals surface area contributed by atoms with Gasteiger partial charge in [-0.3, -0.25) is 9.59 Å². The van der Waals surface area contributed by atoms with Crippen molar-refractivity contribution < 1.29 is 14.7 Å². The van der Waals surface area contributed by atoms with Crippen molar-refractivity contribution in [3.63, 3.8) is 0 Å². The van der Waals surface area contributed by atoms with E-state index in [1.54, 1.807) is 31.2 Å². The van der Waals surface area contributed by atoms with Crippen molar-refractivity contribution in [3.8, 4) is 0 Å². The number of carboxylic acids is 1. The summed E-state index contributed by atoms with van der Waals surface area (Å²) in [4.78, 5) is 22.8. The molecule has 1 aromatic rings. The Morgan fingerprint density at radius 1 is 1.32 bits per heavy atom. The van der Waals surface area contributed by atoms with E-state index in [0.717, 1.165) is 12.0 Å². The number of aliphatic carboxylic acids is 1. The highest BCUT2D eigenvalue weighted by Crippen LogP contribution is 2.51. The molecular formula is C15H19NO3. The zero-order valence-corrected chi connectivity index (χ0v) is 11.4. The molecule has 1 aliphatic rings. The number of hydrogen-bond donors (Lipinski definition) is 2. The first-order valence-electron chi connectivity index (χ1n) is 6.45. The Balaban J connectivity index is 1.99. The van der Waals surface area contributed by atoms with Gasteiger partial charge >= 0.3 is 5.97 Å². The van der Waals surface area contributed by atoms with Gasteiger partial charge in [-0.15, -0.1) is 0 Å². The van der Waals surface area contributed by atoms with Crippen molar-refractivity contribution in [1.29, 1.82) is 0 Å². The molecule has 0 spiro atoms.